The topological polar surface area (TPSA) is 43.8 Å². The summed E-state index contributed by atoms with van der Waals surface area (Å²) in [6.07, 6.45) is 0. The van der Waals surface area contributed by atoms with Crippen LogP contribution in [0.1, 0.15) is 22.8 Å². The zero-order chi connectivity index (χ0) is 18.0. The van der Waals surface area contributed by atoms with Crippen LogP contribution in [-0.4, -0.2) is 41.7 Å². The normalized spacial score (nSPS) is 18.4. The highest BCUT2D eigenvalue weighted by atomic mass is 35.5. The van der Waals surface area contributed by atoms with Gasteiger partial charge in [-0.25, -0.2) is 9.18 Å². The van der Waals surface area contributed by atoms with Crippen molar-refractivity contribution in [1.82, 2.24) is 4.90 Å². The van der Waals surface area contributed by atoms with E-state index in [-0.39, 0.29) is 5.02 Å². The zero-order valence-electron chi connectivity index (χ0n) is 14.0. The van der Waals surface area contributed by atoms with Gasteiger partial charge in [-0.1, -0.05) is 23.7 Å². The Bertz CT molecular complexity index is 767. The van der Waals surface area contributed by atoms with Crippen molar-refractivity contribution in [3.8, 4) is 0 Å². The third-order valence-electron chi connectivity index (χ3n) is 4.62. The van der Waals surface area contributed by atoms with Crippen LogP contribution in [0, 0.1) is 5.82 Å². The molecule has 25 heavy (non-hydrogen) atoms. The molecule has 132 valence electrons. The van der Waals surface area contributed by atoms with E-state index in [1.807, 2.05) is 18.2 Å². The number of hydrogen-bond acceptors (Lipinski definition) is 3. The standard InChI is InChI=1S/C19H20ClFN2O2/c1-13-11-23(16-6-7-17(20)18(21)10-16)9-8-22(13)12-14-2-4-15(5-3-14)19(24)25/h2-7,10,13H,8-9,11-12H2,1H3,(H,24,25). The van der Waals surface area contributed by atoms with Crippen LogP contribution in [0.3, 0.4) is 0 Å². The Morgan fingerprint density at radius 2 is 1.96 bits per heavy atom. The van der Waals surface area contributed by atoms with E-state index in [2.05, 4.69) is 16.7 Å². The number of rotatable bonds is 4. The molecule has 0 amide bonds. The van der Waals surface area contributed by atoms with E-state index in [9.17, 15) is 9.18 Å². The van der Waals surface area contributed by atoms with Crippen molar-refractivity contribution in [2.24, 2.45) is 0 Å². The van der Waals surface area contributed by atoms with Crippen LogP contribution >= 0.6 is 11.6 Å². The van der Waals surface area contributed by atoms with E-state index in [0.717, 1.165) is 37.4 Å². The molecule has 1 fully saturated rings. The molecule has 0 aliphatic carbocycles. The fraction of sp³-hybridized carbons (Fsp3) is 0.316. The fourth-order valence-corrected chi connectivity index (χ4v) is 3.25. The monoisotopic (exact) mass is 362 g/mol. The summed E-state index contributed by atoms with van der Waals surface area (Å²) < 4.78 is 13.7. The molecular formula is C19H20ClFN2O2. The summed E-state index contributed by atoms with van der Waals surface area (Å²) in [5.74, 6) is -1.31. The van der Waals surface area contributed by atoms with Crippen molar-refractivity contribution < 1.29 is 14.3 Å². The summed E-state index contributed by atoms with van der Waals surface area (Å²) >= 11 is 5.75. The van der Waals surface area contributed by atoms with Crippen LogP contribution in [-0.2, 0) is 6.54 Å². The molecule has 0 spiro atoms. The SMILES string of the molecule is CC1CN(c2ccc(Cl)c(F)c2)CCN1Cc1ccc(C(=O)O)cc1. The maximum atomic E-state index is 13.7. The predicted molar refractivity (Wildman–Crippen MR) is 96.9 cm³/mol. The number of nitrogens with zero attached hydrogens (tertiary/aromatic N) is 2. The van der Waals surface area contributed by atoms with E-state index >= 15 is 0 Å². The highest BCUT2D eigenvalue weighted by Gasteiger charge is 2.24. The number of piperazine rings is 1. The van der Waals surface area contributed by atoms with Crippen molar-refractivity contribution >= 4 is 23.3 Å². The maximum Gasteiger partial charge on any atom is 0.335 e. The molecule has 2 aromatic rings. The minimum atomic E-state index is -0.913. The van der Waals surface area contributed by atoms with Crippen LogP contribution < -0.4 is 4.90 Å². The van der Waals surface area contributed by atoms with Crippen molar-refractivity contribution in [2.45, 2.75) is 19.5 Å². The van der Waals surface area contributed by atoms with Crippen LogP contribution in [0.4, 0.5) is 10.1 Å². The number of carboxylic acid groups (broad SMARTS) is 1. The van der Waals surface area contributed by atoms with Gasteiger partial charge in [0.05, 0.1) is 10.6 Å². The average Bonchev–Trinajstić information content (AvgIpc) is 2.59. The molecule has 1 saturated heterocycles. The predicted octanol–water partition coefficient (Wildman–Crippen LogP) is 3.89. The second-order valence-corrected chi connectivity index (χ2v) is 6.77. The number of halogens is 2. The van der Waals surface area contributed by atoms with E-state index in [1.54, 1.807) is 18.2 Å². The number of hydrogen-bond donors (Lipinski definition) is 1. The van der Waals surface area contributed by atoms with Gasteiger partial charge < -0.3 is 10.0 Å². The molecule has 0 aromatic heterocycles. The van der Waals surface area contributed by atoms with Gasteiger partial charge in [-0.3, -0.25) is 4.90 Å². The summed E-state index contributed by atoms with van der Waals surface area (Å²) in [6, 6.07) is 12.2. The lowest BCUT2D eigenvalue weighted by atomic mass is 10.1. The molecule has 4 nitrogen and oxygen atoms in total. The first-order chi connectivity index (χ1) is 11.9. The Morgan fingerprint density at radius 3 is 2.56 bits per heavy atom. The lowest BCUT2D eigenvalue weighted by Crippen LogP contribution is -2.51. The lowest BCUT2D eigenvalue weighted by molar-refractivity contribution is 0.0697. The van der Waals surface area contributed by atoms with Gasteiger partial charge in [-0.15, -0.1) is 0 Å². The van der Waals surface area contributed by atoms with Gasteiger partial charge in [0.15, 0.2) is 0 Å². The average molecular weight is 363 g/mol. The second kappa shape index (κ2) is 7.42. The molecule has 1 atom stereocenters. The Morgan fingerprint density at radius 1 is 1.24 bits per heavy atom. The molecule has 0 bridgehead atoms. The number of carbonyl (C=O) groups is 1. The number of aromatic carboxylic acids is 1. The molecule has 1 heterocycles. The summed E-state index contributed by atoms with van der Waals surface area (Å²) in [7, 11) is 0. The van der Waals surface area contributed by atoms with Crippen molar-refractivity contribution in [2.75, 3.05) is 24.5 Å². The molecule has 0 saturated carbocycles. The Hall–Kier alpha value is -2.11. The van der Waals surface area contributed by atoms with Gasteiger partial charge in [-0.05, 0) is 42.8 Å². The number of anilines is 1. The first kappa shape index (κ1) is 17.7. The summed E-state index contributed by atoms with van der Waals surface area (Å²) in [4.78, 5) is 15.4. The van der Waals surface area contributed by atoms with Gasteiger partial charge in [0.25, 0.3) is 0 Å². The third kappa shape index (κ3) is 4.11. The lowest BCUT2D eigenvalue weighted by Gasteiger charge is -2.41. The zero-order valence-corrected chi connectivity index (χ0v) is 14.7. The number of benzene rings is 2. The fourth-order valence-electron chi connectivity index (χ4n) is 3.13. The van der Waals surface area contributed by atoms with Gasteiger partial charge in [0, 0.05) is 37.9 Å². The van der Waals surface area contributed by atoms with E-state index in [1.165, 1.54) is 6.07 Å². The molecular weight excluding hydrogens is 343 g/mol. The first-order valence-corrected chi connectivity index (χ1v) is 8.58. The van der Waals surface area contributed by atoms with Crippen LogP contribution in [0.5, 0.6) is 0 Å². The van der Waals surface area contributed by atoms with Gasteiger partial charge in [0.2, 0.25) is 0 Å². The molecule has 1 N–H and O–H groups in total. The molecule has 3 rings (SSSR count). The third-order valence-corrected chi connectivity index (χ3v) is 4.93. The molecule has 1 aliphatic rings. The first-order valence-electron chi connectivity index (χ1n) is 8.20. The highest BCUT2D eigenvalue weighted by Crippen LogP contribution is 2.24. The maximum absolute atomic E-state index is 13.7. The van der Waals surface area contributed by atoms with Crippen LogP contribution in [0.25, 0.3) is 0 Å². The minimum absolute atomic E-state index is 0.139. The Balaban J connectivity index is 1.63. The largest absolute Gasteiger partial charge is 0.478 e. The molecule has 1 aliphatic heterocycles. The van der Waals surface area contributed by atoms with Gasteiger partial charge >= 0.3 is 5.97 Å². The minimum Gasteiger partial charge on any atom is -0.478 e. The van der Waals surface area contributed by atoms with Gasteiger partial charge in [0.1, 0.15) is 5.82 Å². The summed E-state index contributed by atoms with van der Waals surface area (Å²) in [6.45, 7) is 5.37. The Kier molecular flexibility index (Phi) is 5.25. The van der Waals surface area contributed by atoms with Crippen LogP contribution in [0.2, 0.25) is 5.02 Å². The number of carboxylic acids is 1. The van der Waals surface area contributed by atoms with Crippen molar-refractivity contribution in [3.63, 3.8) is 0 Å². The molecule has 2 aromatic carbocycles. The van der Waals surface area contributed by atoms with Crippen molar-refractivity contribution in [3.05, 3.63) is 64.4 Å². The molecule has 0 radical (unpaired) electrons. The quantitative estimate of drug-likeness (QED) is 0.896. The molecule has 6 heteroatoms. The van der Waals surface area contributed by atoms with E-state index in [4.69, 9.17) is 16.7 Å². The Labute approximate surface area is 151 Å². The second-order valence-electron chi connectivity index (χ2n) is 6.37. The van der Waals surface area contributed by atoms with Crippen LogP contribution in [0.15, 0.2) is 42.5 Å². The smallest absolute Gasteiger partial charge is 0.335 e. The van der Waals surface area contributed by atoms with Gasteiger partial charge in [-0.2, -0.15) is 0 Å². The van der Waals surface area contributed by atoms with E-state index < -0.39 is 11.8 Å². The highest BCUT2D eigenvalue weighted by molar-refractivity contribution is 6.30. The summed E-state index contributed by atoms with van der Waals surface area (Å²) in [5, 5.41) is 9.10. The summed E-state index contributed by atoms with van der Waals surface area (Å²) in [5.41, 5.74) is 2.23. The van der Waals surface area contributed by atoms with E-state index in [0.29, 0.717) is 11.6 Å². The van der Waals surface area contributed by atoms with Crippen molar-refractivity contribution in [1.29, 1.82) is 0 Å². The molecule has 1 unspecified atom stereocenters.